The number of H-pyrrole nitrogens is 1. The topological polar surface area (TPSA) is 54.5 Å². The normalized spacial score (nSPS) is 10.7. The molecule has 3 aromatic rings. The molecule has 0 unspecified atom stereocenters. The highest BCUT2D eigenvalue weighted by molar-refractivity contribution is 5.87. The van der Waals surface area contributed by atoms with Gasteiger partial charge >= 0.3 is 0 Å². The van der Waals surface area contributed by atoms with Crippen LogP contribution >= 0.6 is 0 Å². The van der Waals surface area contributed by atoms with E-state index in [4.69, 9.17) is 9.47 Å². The minimum Gasteiger partial charge on any atom is -0.506 e. The highest BCUT2D eigenvalue weighted by Gasteiger charge is 2.07. The van der Waals surface area contributed by atoms with Gasteiger partial charge in [-0.2, -0.15) is 0 Å². The van der Waals surface area contributed by atoms with Crippen molar-refractivity contribution < 1.29 is 14.6 Å². The molecule has 0 atom stereocenters. The Morgan fingerprint density at radius 1 is 1.05 bits per heavy atom. The largest absolute Gasteiger partial charge is 0.506 e. The molecular formula is C16H15NO3. The van der Waals surface area contributed by atoms with Crippen molar-refractivity contribution in [2.75, 3.05) is 7.11 Å². The Labute approximate surface area is 116 Å². The maximum atomic E-state index is 9.74. The van der Waals surface area contributed by atoms with Crippen molar-refractivity contribution >= 4 is 10.9 Å². The molecule has 0 aliphatic carbocycles. The summed E-state index contributed by atoms with van der Waals surface area (Å²) in [6, 6.07) is 12.9. The summed E-state index contributed by atoms with van der Waals surface area (Å²) in [5, 5.41) is 10.7. The quantitative estimate of drug-likeness (QED) is 0.762. The number of nitrogens with one attached hydrogen (secondary N) is 1. The number of phenolic OH excluding ortho intramolecular Hbond substituents is 1. The molecule has 4 nitrogen and oxygen atoms in total. The van der Waals surface area contributed by atoms with E-state index < -0.39 is 0 Å². The third-order valence-corrected chi connectivity index (χ3v) is 3.23. The Balaban J connectivity index is 1.78. The molecule has 0 spiro atoms. The molecule has 0 aliphatic heterocycles. The number of rotatable bonds is 4. The van der Waals surface area contributed by atoms with Gasteiger partial charge in [0.2, 0.25) is 0 Å². The van der Waals surface area contributed by atoms with Gasteiger partial charge in [0, 0.05) is 17.1 Å². The Morgan fingerprint density at radius 3 is 2.55 bits per heavy atom. The molecular weight excluding hydrogens is 254 g/mol. The third kappa shape index (κ3) is 2.28. The molecule has 0 radical (unpaired) electrons. The van der Waals surface area contributed by atoms with Crippen LogP contribution in [0.15, 0.2) is 48.7 Å². The van der Waals surface area contributed by atoms with E-state index in [-0.39, 0.29) is 5.75 Å². The number of para-hydroxylation sites is 1. The molecule has 2 N–H and O–H groups in total. The number of aromatic hydroxyl groups is 1. The molecule has 102 valence electrons. The molecule has 20 heavy (non-hydrogen) atoms. The van der Waals surface area contributed by atoms with Crippen LogP contribution in [0.1, 0.15) is 5.56 Å². The molecule has 0 fully saturated rings. The highest BCUT2D eigenvalue weighted by Crippen LogP contribution is 2.27. The molecule has 0 aliphatic rings. The van der Waals surface area contributed by atoms with Gasteiger partial charge in [-0.25, -0.2) is 0 Å². The predicted octanol–water partition coefficient (Wildman–Crippen LogP) is 3.46. The van der Waals surface area contributed by atoms with Crippen molar-refractivity contribution in [2.45, 2.75) is 6.61 Å². The van der Waals surface area contributed by atoms with Gasteiger partial charge in [-0.1, -0.05) is 12.1 Å². The number of hydrogen-bond donors (Lipinski definition) is 2. The molecule has 4 heteroatoms. The average Bonchev–Trinajstić information content (AvgIpc) is 2.90. The van der Waals surface area contributed by atoms with Crippen LogP contribution < -0.4 is 9.47 Å². The fourth-order valence-corrected chi connectivity index (χ4v) is 2.15. The minimum absolute atomic E-state index is 0.248. The number of methoxy groups -OCH3 is 1. The van der Waals surface area contributed by atoms with Crippen LogP contribution in [-0.2, 0) is 6.61 Å². The van der Waals surface area contributed by atoms with Gasteiger partial charge in [0.25, 0.3) is 0 Å². The van der Waals surface area contributed by atoms with Gasteiger partial charge in [0.05, 0.1) is 12.6 Å². The molecule has 0 saturated carbocycles. The van der Waals surface area contributed by atoms with E-state index >= 15 is 0 Å². The van der Waals surface area contributed by atoms with Gasteiger partial charge in [0.15, 0.2) is 0 Å². The second kappa shape index (κ2) is 5.17. The first kappa shape index (κ1) is 12.4. The Bertz CT molecular complexity index is 716. The third-order valence-electron chi connectivity index (χ3n) is 3.23. The first-order valence-electron chi connectivity index (χ1n) is 6.33. The summed E-state index contributed by atoms with van der Waals surface area (Å²) in [5.74, 6) is 1.83. The number of phenols is 1. The summed E-state index contributed by atoms with van der Waals surface area (Å²) in [5.41, 5.74) is 1.74. The zero-order valence-electron chi connectivity index (χ0n) is 11.1. The Hall–Kier alpha value is -2.62. The van der Waals surface area contributed by atoms with Crippen molar-refractivity contribution in [1.82, 2.24) is 4.98 Å². The second-order valence-electron chi connectivity index (χ2n) is 4.48. The van der Waals surface area contributed by atoms with Gasteiger partial charge in [-0.05, 0) is 30.3 Å². The van der Waals surface area contributed by atoms with Crippen molar-refractivity contribution in [3.8, 4) is 17.2 Å². The van der Waals surface area contributed by atoms with Crippen molar-refractivity contribution in [2.24, 2.45) is 0 Å². The van der Waals surface area contributed by atoms with E-state index in [0.717, 1.165) is 28.0 Å². The SMILES string of the molecule is COc1ccc(OCc2c[nH]c3c(O)cccc23)cc1. The van der Waals surface area contributed by atoms with Crippen LogP contribution in [0.3, 0.4) is 0 Å². The molecule has 0 amide bonds. The Morgan fingerprint density at radius 2 is 1.80 bits per heavy atom. The lowest BCUT2D eigenvalue weighted by atomic mass is 10.2. The fourth-order valence-electron chi connectivity index (χ4n) is 2.15. The monoisotopic (exact) mass is 269 g/mol. The maximum Gasteiger partial charge on any atom is 0.139 e. The lowest BCUT2D eigenvalue weighted by Gasteiger charge is -2.06. The van der Waals surface area contributed by atoms with Crippen molar-refractivity contribution in [3.63, 3.8) is 0 Å². The maximum absolute atomic E-state index is 9.74. The number of fused-ring (bicyclic) bond motifs is 1. The summed E-state index contributed by atoms with van der Waals surface area (Å²) >= 11 is 0. The second-order valence-corrected chi connectivity index (χ2v) is 4.48. The molecule has 2 aromatic carbocycles. The zero-order chi connectivity index (χ0) is 13.9. The number of benzene rings is 2. The van der Waals surface area contributed by atoms with Gasteiger partial charge in [-0.15, -0.1) is 0 Å². The van der Waals surface area contributed by atoms with E-state index in [2.05, 4.69) is 4.98 Å². The van der Waals surface area contributed by atoms with E-state index in [1.165, 1.54) is 0 Å². The van der Waals surface area contributed by atoms with E-state index in [1.807, 2.05) is 42.6 Å². The van der Waals surface area contributed by atoms with Gasteiger partial charge in [-0.3, -0.25) is 0 Å². The molecule has 1 aromatic heterocycles. The van der Waals surface area contributed by atoms with E-state index in [0.29, 0.717) is 6.61 Å². The first-order valence-corrected chi connectivity index (χ1v) is 6.33. The highest BCUT2D eigenvalue weighted by atomic mass is 16.5. The summed E-state index contributed by atoms with van der Waals surface area (Å²) in [4.78, 5) is 3.06. The number of aromatic amines is 1. The van der Waals surface area contributed by atoms with Crippen LogP contribution in [0, 0.1) is 0 Å². The fraction of sp³-hybridized carbons (Fsp3) is 0.125. The van der Waals surface area contributed by atoms with Crippen molar-refractivity contribution in [3.05, 3.63) is 54.2 Å². The summed E-state index contributed by atoms with van der Waals surface area (Å²) in [7, 11) is 1.63. The summed E-state index contributed by atoms with van der Waals surface area (Å²) in [6.45, 7) is 0.440. The lowest BCUT2D eigenvalue weighted by molar-refractivity contribution is 0.307. The molecule has 3 rings (SSSR count). The standard InChI is InChI=1S/C16H15NO3/c1-19-12-5-7-13(8-6-12)20-10-11-9-17-16-14(11)3-2-4-15(16)18/h2-9,17-18H,10H2,1H3. The number of aromatic nitrogens is 1. The van der Waals surface area contributed by atoms with Crippen LogP contribution in [0.2, 0.25) is 0 Å². The zero-order valence-corrected chi connectivity index (χ0v) is 11.1. The molecule has 0 saturated heterocycles. The van der Waals surface area contributed by atoms with Gasteiger partial charge in [0.1, 0.15) is 23.9 Å². The minimum atomic E-state index is 0.248. The smallest absolute Gasteiger partial charge is 0.139 e. The molecule has 0 bridgehead atoms. The van der Waals surface area contributed by atoms with Crippen LogP contribution in [-0.4, -0.2) is 17.2 Å². The summed E-state index contributed by atoms with van der Waals surface area (Å²) in [6.07, 6.45) is 1.86. The number of ether oxygens (including phenoxy) is 2. The van der Waals surface area contributed by atoms with Crippen LogP contribution in [0.25, 0.3) is 10.9 Å². The molecule has 1 heterocycles. The Kier molecular flexibility index (Phi) is 3.21. The van der Waals surface area contributed by atoms with E-state index in [9.17, 15) is 5.11 Å². The van der Waals surface area contributed by atoms with Crippen LogP contribution in [0.4, 0.5) is 0 Å². The predicted molar refractivity (Wildman–Crippen MR) is 77.3 cm³/mol. The van der Waals surface area contributed by atoms with Gasteiger partial charge < -0.3 is 19.6 Å². The first-order chi connectivity index (χ1) is 9.78. The van der Waals surface area contributed by atoms with Crippen molar-refractivity contribution in [1.29, 1.82) is 0 Å². The van der Waals surface area contributed by atoms with E-state index in [1.54, 1.807) is 13.2 Å². The lowest BCUT2D eigenvalue weighted by Crippen LogP contribution is -1.94. The van der Waals surface area contributed by atoms with Crippen LogP contribution in [0.5, 0.6) is 17.2 Å². The summed E-state index contributed by atoms with van der Waals surface area (Å²) < 4.78 is 10.8. The number of hydrogen-bond acceptors (Lipinski definition) is 3. The average molecular weight is 269 g/mol.